The lowest BCUT2D eigenvalue weighted by Crippen LogP contribution is -2.31. The molecule has 2 heterocycles. The van der Waals surface area contributed by atoms with Crippen molar-refractivity contribution < 1.29 is 9.59 Å². The molecule has 7 heteroatoms. The van der Waals surface area contributed by atoms with E-state index in [4.69, 9.17) is 0 Å². The van der Waals surface area contributed by atoms with Gasteiger partial charge in [-0.05, 0) is 45.4 Å². The normalized spacial score (nSPS) is 11.2. The number of pyridine rings is 1. The number of anilines is 2. The molecule has 4 aromatic rings. The Labute approximate surface area is 218 Å². The van der Waals surface area contributed by atoms with E-state index in [1.54, 1.807) is 20.3 Å². The van der Waals surface area contributed by atoms with Gasteiger partial charge in [0, 0.05) is 61.6 Å². The Kier molecular flexibility index (Phi) is 7.62. The number of hydrogen-bond donors (Lipinski definition) is 1. The van der Waals surface area contributed by atoms with Crippen LogP contribution in [0.2, 0.25) is 0 Å². The van der Waals surface area contributed by atoms with Gasteiger partial charge in [-0.25, -0.2) is 4.79 Å². The van der Waals surface area contributed by atoms with Crippen molar-refractivity contribution in [2.45, 2.75) is 46.3 Å². The summed E-state index contributed by atoms with van der Waals surface area (Å²) in [7, 11) is 3.40. The maximum Gasteiger partial charge on any atom is 0.328 e. The van der Waals surface area contributed by atoms with Crippen molar-refractivity contribution in [3.63, 3.8) is 0 Å². The molecule has 7 nitrogen and oxygen atoms in total. The second-order valence-electron chi connectivity index (χ2n) is 10.0. The second kappa shape index (κ2) is 10.9. The van der Waals surface area contributed by atoms with Crippen molar-refractivity contribution >= 4 is 34.1 Å². The molecular weight excluding hydrogens is 462 g/mol. The summed E-state index contributed by atoms with van der Waals surface area (Å²) in [5, 5.41) is 4.25. The molecule has 1 N–H and O–H groups in total. The fraction of sp³-hybridized carbons (Fsp3) is 0.300. The summed E-state index contributed by atoms with van der Waals surface area (Å²) >= 11 is 0. The molecule has 0 saturated heterocycles. The standard InChI is InChI=1S/C30H35N5O2/c1-20(2)32-26-17-31-16-15-28(26)34(21(3)4)18-22-11-13-23(14-12-22)29(36)25-19-35(30(37)33(5)6)27-10-8-7-9-24(25)27/h7-17,19-21,32H,18H2,1-6H3. The van der Waals surface area contributed by atoms with Crippen molar-refractivity contribution in [3.05, 3.63) is 89.9 Å². The number of nitrogens with one attached hydrogen (secondary N) is 1. The van der Waals surface area contributed by atoms with Gasteiger partial charge in [0.25, 0.3) is 0 Å². The summed E-state index contributed by atoms with van der Waals surface area (Å²) in [4.78, 5) is 34.3. The van der Waals surface area contributed by atoms with Crippen molar-refractivity contribution in [1.29, 1.82) is 0 Å². The van der Waals surface area contributed by atoms with Crippen LogP contribution in [0.4, 0.5) is 16.2 Å². The van der Waals surface area contributed by atoms with Crippen molar-refractivity contribution in [2.24, 2.45) is 0 Å². The van der Waals surface area contributed by atoms with Gasteiger partial charge in [-0.3, -0.25) is 14.3 Å². The molecule has 192 valence electrons. The summed E-state index contributed by atoms with van der Waals surface area (Å²) in [6.07, 6.45) is 5.33. The first-order valence-corrected chi connectivity index (χ1v) is 12.6. The molecule has 2 aromatic heterocycles. The molecule has 0 aliphatic rings. The van der Waals surface area contributed by atoms with E-state index in [9.17, 15) is 9.59 Å². The number of ketones is 1. The molecule has 0 unspecified atom stereocenters. The van der Waals surface area contributed by atoms with Gasteiger partial charge in [-0.1, -0.05) is 42.5 Å². The zero-order valence-corrected chi connectivity index (χ0v) is 22.4. The van der Waals surface area contributed by atoms with Crippen LogP contribution in [0.15, 0.2) is 73.2 Å². The summed E-state index contributed by atoms with van der Waals surface area (Å²) in [5.41, 5.74) is 5.02. The highest BCUT2D eigenvalue weighted by atomic mass is 16.2. The highest BCUT2D eigenvalue weighted by molar-refractivity contribution is 6.17. The van der Waals surface area contributed by atoms with Crippen LogP contribution < -0.4 is 10.2 Å². The number of fused-ring (bicyclic) bond motifs is 1. The third-order valence-corrected chi connectivity index (χ3v) is 6.29. The van der Waals surface area contributed by atoms with E-state index in [1.165, 1.54) is 9.47 Å². The Bertz CT molecular complexity index is 1400. The van der Waals surface area contributed by atoms with Crippen LogP contribution in [0.25, 0.3) is 10.9 Å². The van der Waals surface area contributed by atoms with Crippen LogP contribution in [0.5, 0.6) is 0 Å². The van der Waals surface area contributed by atoms with Gasteiger partial charge in [-0.15, -0.1) is 0 Å². The van der Waals surface area contributed by atoms with E-state index in [1.807, 2.05) is 67.0 Å². The zero-order valence-electron chi connectivity index (χ0n) is 22.4. The predicted molar refractivity (Wildman–Crippen MR) is 151 cm³/mol. The van der Waals surface area contributed by atoms with E-state index in [-0.39, 0.29) is 17.9 Å². The van der Waals surface area contributed by atoms with Crippen LogP contribution in [-0.4, -0.2) is 52.4 Å². The molecule has 2 aromatic carbocycles. The lowest BCUT2D eigenvalue weighted by Gasteiger charge is -2.31. The van der Waals surface area contributed by atoms with Crippen molar-refractivity contribution in [2.75, 3.05) is 24.3 Å². The summed E-state index contributed by atoms with van der Waals surface area (Å²) in [6, 6.07) is 17.6. The van der Waals surface area contributed by atoms with Crippen LogP contribution in [0.1, 0.15) is 49.2 Å². The topological polar surface area (TPSA) is 70.5 Å². The molecule has 0 saturated carbocycles. The maximum absolute atomic E-state index is 13.5. The van der Waals surface area contributed by atoms with Crippen LogP contribution in [0.3, 0.4) is 0 Å². The first-order valence-electron chi connectivity index (χ1n) is 12.6. The number of benzene rings is 2. The molecule has 1 amide bonds. The number of carbonyl (C=O) groups is 2. The Morgan fingerprint density at radius 3 is 2.32 bits per heavy atom. The smallest absolute Gasteiger partial charge is 0.328 e. The molecule has 0 bridgehead atoms. The number of rotatable bonds is 8. The van der Waals surface area contributed by atoms with E-state index < -0.39 is 0 Å². The first kappa shape index (κ1) is 25.9. The SMILES string of the molecule is CC(C)Nc1cnccc1N(Cc1ccc(C(=O)c2cn(C(=O)N(C)C)c3ccccc23)cc1)C(C)C. The predicted octanol–water partition coefficient (Wildman–Crippen LogP) is 6.03. The Hall–Kier alpha value is -4.13. The summed E-state index contributed by atoms with van der Waals surface area (Å²) in [5.74, 6) is -0.105. The first-order chi connectivity index (χ1) is 17.7. The van der Waals surface area contributed by atoms with E-state index in [0.29, 0.717) is 23.7 Å². The Morgan fingerprint density at radius 2 is 1.68 bits per heavy atom. The highest BCUT2D eigenvalue weighted by Crippen LogP contribution is 2.29. The fourth-order valence-corrected chi connectivity index (χ4v) is 4.45. The molecule has 0 atom stereocenters. The van der Waals surface area contributed by atoms with E-state index in [0.717, 1.165) is 27.8 Å². The van der Waals surface area contributed by atoms with E-state index >= 15 is 0 Å². The number of hydrogen-bond acceptors (Lipinski definition) is 5. The molecular formula is C30H35N5O2. The monoisotopic (exact) mass is 497 g/mol. The number of amides is 1. The van der Waals surface area contributed by atoms with Crippen molar-refractivity contribution in [3.8, 4) is 0 Å². The number of para-hydroxylation sites is 1. The van der Waals surface area contributed by atoms with Crippen LogP contribution in [-0.2, 0) is 6.54 Å². The van der Waals surface area contributed by atoms with Crippen LogP contribution in [0, 0.1) is 0 Å². The quantitative estimate of drug-likeness (QED) is 0.301. The van der Waals surface area contributed by atoms with Crippen molar-refractivity contribution in [1.82, 2.24) is 14.5 Å². The molecule has 0 aliphatic heterocycles. The number of nitrogens with zero attached hydrogens (tertiary/aromatic N) is 4. The zero-order chi connectivity index (χ0) is 26.7. The number of aromatic nitrogens is 2. The molecule has 37 heavy (non-hydrogen) atoms. The Balaban J connectivity index is 1.61. The van der Waals surface area contributed by atoms with E-state index in [2.05, 4.69) is 42.9 Å². The van der Waals surface area contributed by atoms with Gasteiger partial charge in [-0.2, -0.15) is 0 Å². The van der Waals surface area contributed by atoms with Gasteiger partial charge in [0.05, 0.1) is 23.1 Å². The lowest BCUT2D eigenvalue weighted by atomic mass is 10.0. The molecule has 0 radical (unpaired) electrons. The average Bonchev–Trinajstić information content (AvgIpc) is 3.26. The summed E-state index contributed by atoms with van der Waals surface area (Å²) in [6.45, 7) is 9.25. The minimum absolute atomic E-state index is 0.105. The van der Waals surface area contributed by atoms with Gasteiger partial charge in [0.1, 0.15) is 0 Å². The van der Waals surface area contributed by atoms with Gasteiger partial charge in [0.15, 0.2) is 5.78 Å². The van der Waals surface area contributed by atoms with Crippen LogP contribution >= 0.6 is 0 Å². The molecule has 0 aliphatic carbocycles. The number of carbonyl (C=O) groups excluding carboxylic acids is 2. The highest BCUT2D eigenvalue weighted by Gasteiger charge is 2.21. The maximum atomic E-state index is 13.5. The largest absolute Gasteiger partial charge is 0.380 e. The molecule has 0 fully saturated rings. The Morgan fingerprint density at radius 1 is 0.973 bits per heavy atom. The minimum atomic E-state index is -0.193. The lowest BCUT2D eigenvalue weighted by molar-refractivity contribution is 0.104. The molecule has 0 spiro atoms. The average molecular weight is 498 g/mol. The third kappa shape index (κ3) is 5.50. The van der Waals surface area contributed by atoms with Gasteiger partial charge >= 0.3 is 6.03 Å². The van der Waals surface area contributed by atoms with Gasteiger partial charge in [0.2, 0.25) is 0 Å². The fourth-order valence-electron chi connectivity index (χ4n) is 4.45. The summed E-state index contributed by atoms with van der Waals surface area (Å²) < 4.78 is 1.54. The third-order valence-electron chi connectivity index (χ3n) is 6.29. The molecule has 4 rings (SSSR count). The van der Waals surface area contributed by atoms with Gasteiger partial charge < -0.3 is 15.1 Å². The minimum Gasteiger partial charge on any atom is -0.380 e. The second-order valence-corrected chi connectivity index (χ2v) is 10.0.